The van der Waals surface area contributed by atoms with Crippen molar-refractivity contribution in [2.45, 2.75) is 31.0 Å². The Hall–Kier alpha value is -2.94. The van der Waals surface area contributed by atoms with Crippen molar-refractivity contribution >= 4 is 52.6 Å². The number of nitrogens with one attached hydrogen (secondary N) is 2. The molecule has 5 rings (SSSR count). The van der Waals surface area contributed by atoms with Gasteiger partial charge in [-0.2, -0.15) is 0 Å². The van der Waals surface area contributed by atoms with Gasteiger partial charge in [0.1, 0.15) is 5.54 Å². The third kappa shape index (κ3) is 3.24. The van der Waals surface area contributed by atoms with Crippen LogP contribution in [0.15, 0.2) is 42.5 Å². The second kappa shape index (κ2) is 7.83. The number of fused-ring (bicyclic) bond motifs is 4. The molecular weight excluding hydrogens is 469 g/mol. The quantitative estimate of drug-likeness (QED) is 0.558. The molecule has 170 valence electrons. The van der Waals surface area contributed by atoms with Gasteiger partial charge in [-0.25, -0.2) is 0 Å². The molecule has 33 heavy (non-hydrogen) atoms. The number of imide groups is 1. The first-order valence-electron chi connectivity index (χ1n) is 10.4. The molecule has 2 aromatic carbocycles. The summed E-state index contributed by atoms with van der Waals surface area (Å²) in [6.45, 7) is -0.0317. The summed E-state index contributed by atoms with van der Waals surface area (Å²) in [5.74, 6) is -4.38. The highest BCUT2D eigenvalue weighted by Crippen LogP contribution is 2.54. The van der Waals surface area contributed by atoms with E-state index in [1.807, 2.05) is 0 Å². The summed E-state index contributed by atoms with van der Waals surface area (Å²) in [7, 11) is 0. The summed E-state index contributed by atoms with van der Waals surface area (Å²) in [6.07, 6.45) is -0.132. The van der Waals surface area contributed by atoms with Gasteiger partial charge in [-0.15, -0.1) is 0 Å². The second-order valence-corrected chi connectivity index (χ2v) is 9.34. The SMILES string of the molecule is O=C(O)CC[C@H]1N[C@@]2(C(=O)Nc3ccc(Cl)cc32)[C@@H]2C(=O)N(Cc3ccccc3Cl)C(=O)[C@@H]21. The Bertz CT molecular complexity index is 1220. The van der Waals surface area contributed by atoms with Gasteiger partial charge >= 0.3 is 5.97 Å². The molecule has 8 nitrogen and oxygen atoms in total. The Morgan fingerprint density at radius 3 is 2.58 bits per heavy atom. The summed E-state index contributed by atoms with van der Waals surface area (Å²) >= 11 is 12.5. The lowest BCUT2D eigenvalue weighted by Gasteiger charge is -2.29. The summed E-state index contributed by atoms with van der Waals surface area (Å²) in [4.78, 5) is 52.9. The highest BCUT2D eigenvalue weighted by Gasteiger charge is 2.70. The molecule has 3 heterocycles. The van der Waals surface area contributed by atoms with E-state index in [1.165, 1.54) is 0 Å². The zero-order valence-corrected chi connectivity index (χ0v) is 18.7. The van der Waals surface area contributed by atoms with E-state index in [1.54, 1.807) is 42.5 Å². The van der Waals surface area contributed by atoms with Crippen molar-refractivity contribution in [3.05, 3.63) is 63.6 Å². The molecule has 3 amide bonds. The first-order chi connectivity index (χ1) is 15.7. The van der Waals surface area contributed by atoms with Gasteiger partial charge in [0.2, 0.25) is 17.7 Å². The average molecular weight is 488 g/mol. The van der Waals surface area contributed by atoms with Crippen LogP contribution in [0.3, 0.4) is 0 Å². The summed E-state index contributed by atoms with van der Waals surface area (Å²) in [5.41, 5.74) is 0.0629. The molecule has 10 heteroatoms. The van der Waals surface area contributed by atoms with E-state index in [4.69, 9.17) is 23.2 Å². The summed E-state index contributed by atoms with van der Waals surface area (Å²) < 4.78 is 0. The minimum absolute atomic E-state index is 0.0317. The molecule has 3 aliphatic heterocycles. The molecule has 0 aromatic heterocycles. The number of hydrogen-bond donors (Lipinski definition) is 3. The van der Waals surface area contributed by atoms with Crippen molar-refractivity contribution < 1.29 is 24.3 Å². The van der Waals surface area contributed by atoms with Crippen LogP contribution in [0.1, 0.15) is 24.0 Å². The Morgan fingerprint density at radius 1 is 1.09 bits per heavy atom. The number of nitrogens with zero attached hydrogens (tertiary/aromatic N) is 1. The molecule has 0 aliphatic carbocycles. The molecule has 1 spiro atoms. The van der Waals surface area contributed by atoms with Crippen molar-refractivity contribution in [3.63, 3.8) is 0 Å². The zero-order valence-electron chi connectivity index (χ0n) is 17.2. The zero-order chi connectivity index (χ0) is 23.5. The van der Waals surface area contributed by atoms with Crippen LogP contribution in [0.5, 0.6) is 0 Å². The molecular formula is C23H19Cl2N3O5. The van der Waals surface area contributed by atoms with Gasteiger partial charge in [0.25, 0.3) is 0 Å². The van der Waals surface area contributed by atoms with Crippen LogP contribution >= 0.6 is 23.2 Å². The van der Waals surface area contributed by atoms with Gasteiger partial charge in [-0.05, 0) is 36.2 Å². The molecule has 3 N–H and O–H groups in total. The minimum Gasteiger partial charge on any atom is -0.481 e. The largest absolute Gasteiger partial charge is 0.481 e. The smallest absolute Gasteiger partial charge is 0.303 e. The first kappa shape index (κ1) is 21.9. The fourth-order valence-electron chi connectivity index (χ4n) is 5.31. The molecule has 2 fully saturated rings. The molecule has 0 unspecified atom stereocenters. The number of aliphatic carboxylic acids is 1. The van der Waals surface area contributed by atoms with Crippen LogP contribution in [-0.4, -0.2) is 39.7 Å². The number of amides is 3. The summed E-state index contributed by atoms with van der Waals surface area (Å²) in [5, 5.41) is 16.0. The number of carboxylic acids is 1. The van der Waals surface area contributed by atoms with Crippen LogP contribution < -0.4 is 10.6 Å². The van der Waals surface area contributed by atoms with E-state index in [2.05, 4.69) is 10.6 Å². The average Bonchev–Trinajstić information content (AvgIpc) is 3.34. The molecule has 0 bridgehead atoms. The second-order valence-electron chi connectivity index (χ2n) is 8.49. The topological polar surface area (TPSA) is 116 Å². The van der Waals surface area contributed by atoms with Gasteiger partial charge in [-0.1, -0.05) is 41.4 Å². The highest BCUT2D eigenvalue weighted by molar-refractivity contribution is 6.31. The Labute approximate surface area is 198 Å². The van der Waals surface area contributed by atoms with E-state index >= 15 is 0 Å². The normalized spacial score (nSPS) is 27.8. The standard InChI is InChI=1S/C23H19Cl2N3O5/c24-12-5-6-15-13(9-12)23(22(33)26-15)19-18(16(27-23)7-8-17(29)30)20(31)28(21(19)32)10-11-3-1-2-4-14(11)25/h1-6,9,16,18-19,27H,7-8,10H2,(H,26,33)(H,29,30)/t16-,18-,19+,23-/m1/s1. The molecule has 0 saturated carbocycles. The van der Waals surface area contributed by atoms with Crippen molar-refractivity contribution in [1.82, 2.24) is 10.2 Å². The lowest BCUT2D eigenvalue weighted by Crippen LogP contribution is -2.53. The summed E-state index contributed by atoms with van der Waals surface area (Å²) in [6, 6.07) is 11.1. The van der Waals surface area contributed by atoms with Gasteiger partial charge in [0.15, 0.2) is 0 Å². The number of halogens is 2. The van der Waals surface area contributed by atoms with Gasteiger partial charge in [-0.3, -0.25) is 29.4 Å². The predicted molar refractivity (Wildman–Crippen MR) is 120 cm³/mol. The molecule has 3 aliphatic rings. The van der Waals surface area contributed by atoms with Crippen LogP contribution in [-0.2, 0) is 31.3 Å². The molecule has 2 aromatic rings. The Kier molecular flexibility index (Phi) is 5.19. The Morgan fingerprint density at radius 2 is 1.85 bits per heavy atom. The van der Waals surface area contributed by atoms with Gasteiger partial charge < -0.3 is 10.4 Å². The number of likely N-dealkylation sites (tertiary alicyclic amines) is 1. The van der Waals surface area contributed by atoms with Crippen molar-refractivity contribution in [3.8, 4) is 0 Å². The fourth-order valence-corrected chi connectivity index (χ4v) is 5.68. The monoisotopic (exact) mass is 487 g/mol. The number of carboxylic acid groups (broad SMARTS) is 1. The number of anilines is 1. The fraction of sp³-hybridized carbons (Fsp3) is 0.304. The van der Waals surface area contributed by atoms with Crippen LogP contribution in [0.2, 0.25) is 10.0 Å². The van der Waals surface area contributed by atoms with E-state index in [0.29, 0.717) is 26.9 Å². The molecule has 0 radical (unpaired) electrons. The van der Waals surface area contributed by atoms with Crippen molar-refractivity contribution in [2.24, 2.45) is 11.8 Å². The molecule has 4 atom stereocenters. The van der Waals surface area contributed by atoms with Gasteiger partial charge in [0, 0.05) is 33.8 Å². The number of carbonyl (C=O) groups is 4. The lowest BCUT2D eigenvalue weighted by atomic mass is 9.76. The van der Waals surface area contributed by atoms with Crippen molar-refractivity contribution in [2.75, 3.05) is 5.32 Å². The number of benzene rings is 2. The maximum atomic E-state index is 13.7. The number of carbonyl (C=O) groups excluding carboxylic acids is 3. The van der Waals surface area contributed by atoms with E-state index < -0.39 is 47.1 Å². The van der Waals surface area contributed by atoms with Crippen LogP contribution in [0, 0.1) is 11.8 Å². The van der Waals surface area contributed by atoms with Crippen LogP contribution in [0.25, 0.3) is 0 Å². The Balaban J connectivity index is 1.60. The third-order valence-electron chi connectivity index (χ3n) is 6.72. The highest BCUT2D eigenvalue weighted by atomic mass is 35.5. The lowest BCUT2D eigenvalue weighted by molar-refractivity contribution is -0.144. The van der Waals surface area contributed by atoms with Crippen LogP contribution in [0.4, 0.5) is 5.69 Å². The third-order valence-corrected chi connectivity index (χ3v) is 7.33. The maximum Gasteiger partial charge on any atom is 0.303 e. The number of hydrogen-bond acceptors (Lipinski definition) is 5. The van der Waals surface area contributed by atoms with E-state index in [0.717, 1.165) is 4.90 Å². The molecule has 2 saturated heterocycles. The van der Waals surface area contributed by atoms with E-state index in [9.17, 15) is 24.3 Å². The first-order valence-corrected chi connectivity index (χ1v) is 11.2. The van der Waals surface area contributed by atoms with E-state index in [-0.39, 0.29) is 19.4 Å². The maximum absolute atomic E-state index is 13.7. The minimum atomic E-state index is -1.52. The number of rotatable bonds is 5. The van der Waals surface area contributed by atoms with Crippen molar-refractivity contribution in [1.29, 1.82) is 0 Å². The predicted octanol–water partition coefficient (Wildman–Crippen LogP) is 2.78. The van der Waals surface area contributed by atoms with Gasteiger partial charge in [0.05, 0.1) is 18.4 Å².